The third-order valence-corrected chi connectivity index (χ3v) is 7.19. The van der Waals surface area contributed by atoms with E-state index in [1.165, 1.54) is 6.20 Å². The summed E-state index contributed by atoms with van der Waals surface area (Å²) in [6, 6.07) is 7.78. The van der Waals surface area contributed by atoms with Crippen LogP contribution in [0.5, 0.6) is 0 Å². The van der Waals surface area contributed by atoms with E-state index in [4.69, 9.17) is 11.6 Å². The van der Waals surface area contributed by atoms with Crippen LogP contribution in [0.4, 0.5) is 28.8 Å². The summed E-state index contributed by atoms with van der Waals surface area (Å²) in [5, 5.41) is 16.5. The van der Waals surface area contributed by atoms with E-state index < -0.39 is 0 Å². The third-order valence-electron chi connectivity index (χ3n) is 6.91. The van der Waals surface area contributed by atoms with E-state index in [0.717, 1.165) is 41.0 Å². The molecule has 2 aliphatic rings. The zero-order chi connectivity index (χ0) is 26.8. The molecule has 4 N–H and O–H groups in total. The Balaban J connectivity index is 1.19. The lowest BCUT2D eigenvalue weighted by molar-refractivity contribution is -0.117. The number of halogens is 1. The quantitative estimate of drug-likeness (QED) is 0.298. The molecule has 4 aromatic rings. The summed E-state index contributed by atoms with van der Waals surface area (Å²) in [6.45, 7) is 1.18. The molecule has 198 valence electrons. The Morgan fingerprint density at radius 3 is 2.87 bits per heavy atom. The minimum atomic E-state index is -0.0752. The zero-order valence-electron chi connectivity index (χ0n) is 20.9. The van der Waals surface area contributed by atoms with Crippen molar-refractivity contribution < 1.29 is 9.59 Å². The van der Waals surface area contributed by atoms with Crippen molar-refractivity contribution in [2.75, 3.05) is 29.0 Å². The van der Waals surface area contributed by atoms with Gasteiger partial charge in [-0.25, -0.2) is 4.98 Å². The average molecular weight is 544 g/mol. The lowest BCUT2D eigenvalue weighted by Crippen LogP contribution is -2.29. The summed E-state index contributed by atoms with van der Waals surface area (Å²) in [5.74, 6) is 0.832. The number of likely N-dealkylation sites (tertiary alicyclic amines) is 1. The Hall–Kier alpha value is -4.51. The Morgan fingerprint density at radius 1 is 1.08 bits per heavy atom. The number of benzene rings is 1. The first-order valence-corrected chi connectivity index (χ1v) is 13.1. The van der Waals surface area contributed by atoms with E-state index in [-0.39, 0.29) is 17.7 Å². The molecule has 0 spiro atoms. The molecule has 11 nitrogen and oxygen atoms in total. The highest BCUT2D eigenvalue weighted by atomic mass is 35.5. The number of amides is 2. The van der Waals surface area contributed by atoms with Crippen molar-refractivity contribution in [3.8, 4) is 0 Å². The van der Waals surface area contributed by atoms with Crippen molar-refractivity contribution in [3.63, 3.8) is 0 Å². The number of aromatic nitrogens is 5. The number of aromatic amines is 1. The number of nitrogens with one attached hydrogen (secondary N) is 4. The van der Waals surface area contributed by atoms with Gasteiger partial charge in [-0.15, -0.1) is 0 Å². The predicted octanol–water partition coefficient (Wildman–Crippen LogP) is 4.32. The monoisotopic (exact) mass is 543 g/mol. The summed E-state index contributed by atoms with van der Waals surface area (Å²) >= 11 is 6.36. The predicted molar refractivity (Wildman–Crippen MR) is 148 cm³/mol. The number of carbonyl (C=O) groups is 2. The molecule has 39 heavy (non-hydrogen) atoms. The maximum Gasteiger partial charge on any atom is 0.257 e. The summed E-state index contributed by atoms with van der Waals surface area (Å²) < 4.78 is 0. The standard InChI is InChI=1S/C27H26ClN9O2/c28-22-14-30-27-34-21-7-16(10-29-13-21)1-2-18-9-20(33-25(22)36-27)3-4-23(18)35-24(38)8-17-5-6-37(15-17)26(39)19-11-31-32-12-19/h3-4,7,9-14,17H,1-2,5-6,8,15H2,(H,31,32)(H,35,38)(H2,30,33,34,36)/t17-/m0/s1. The molecule has 1 atom stereocenters. The van der Waals surface area contributed by atoms with Gasteiger partial charge < -0.3 is 20.9 Å². The lowest BCUT2D eigenvalue weighted by atomic mass is 10.0. The maximum absolute atomic E-state index is 13.1. The Labute approximate surface area is 229 Å². The molecular weight excluding hydrogens is 518 g/mol. The highest BCUT2D eigenvalue weighted by Crippen LogP contribution is 2.30. The average Bonchev–Trinajstić information content (AvgIpc) is 3.63. The van der Waals surface area contributed by atoms with Crippen LogP contribution in [-0.4, -0.2) is 55.0 Å². The number of carbonyl (C=O) groups excluding carboxylic acids is 2. The molecule has 1 saturated heterocycles. The fourth-order valence-corrected chi connectivity index (χ4v) is 5.09. The van der Waals surface area contributed by atoms with Crippen molar-refractivity contribution >= 4 is 52.2 Å². The van der Waals surface area contributed by atoms with Gasteiger partial charge in [0.1, 0.15) is 5.02 Å². The van der Waals surface area contributed by atoms with Crippen molar-refractivity contribution in [3.05, 3.63) is 77.0 Å². The Bertz CT molecular complexity index is 1530. The Morgan fingerprint density at radius 2 is 2.00 bits per heavy atom. The van der Waals surface area contributed by atoms with Crippen LogP contribution < -0.4 is 16.0 Å². The van der Waals surface area contributed by atoms with Gasteiger partial charge in [0.15, 0.2) is 5.82 Å². The molecule has 3 aromatic heterocycles. The molecule has 6 rings (SSSR count). The van der Waals surface area contributed by atoms with Crippen molar-refractivity contribution in [1.29, 1.82) is 0 Å². The second-order valence-electron chi connectivity index (χ2n) is 9.74. The van der Waals surface area contributed by atoms with Crippen molar-refractivity contribution in [2.24, 2.45) is 5.92 Å². The number of fused-ring (bicyclic) bond motifs is 6. The van der Waals surface area contributed by atoms with Crippen LogP contribution in [0.25, 0.3) is 0 Å². The molecule has 1 aromatic carbocycles. The number of rotatable bonds is 4. The van der Waals surface area contributed by atoms with Gasteiger partial charge in [0, 0.05) is 43.3 Å². The molecule has 5 heterocycles. The van der Waals surface area contributed by atoms with Crippen LogP contribution in [0, 0.1) is 5.92 Å². The van der Waals surface area contributed by atoms with E-state index in [2.05, 4.69) is 41.1 Å². The molecule has 1 fully saturated rings. The van der Waals surface area contributed by atoms with Crippen LogP contribution in [0.3, 0.4) is 0 Å². The van der Waals surface area contributed by atoms with Crippen LogP contribution in [0.15, 0.2) is 55.2 Å². The third kappa shape index (κ3) is 5.68. The number of H-pyrrole nitrogens is 1. The molecule has 0 aliphatic carbocycles. The van der Waals surface area contributed by atoms with Crippen LogP contribution >= 0.6 is 11.6 Å². The molecule has 0 saturated carbocycles. The first kappa shape index (κ1) is 24.8. The fourth-order valence-electron chi connectivity index (χ4n) is 4.95. The first-order valence-electron chi connectivity index (χ1n) is 12.7. The summed E-state index contributed by atoms with van der Waals surface area (Å²) in [7, 11) is 0. The molecule has 2 aliphatic heterocycles. The van der Waals surface area contributed by atoms with Crippen molar-refractivity contribution in [1.82, 2.24) is 30.0 Å². The van der Waals surface area contributed by atoms with Gasteiger partial charge in [0.05, 0.1) is 29.8 Å². The van der Waals surface area contributed by atoms with Crippen LogP contribution in [0.2, 0.25) is 5.02 Å². The molecular formula is C27H26ClN9O2. The summed E-state index contributed by atoms with van der Waals surface area (Å²) in [6.07, 6.45) is 10.7. The van der Waals surface area contributed by atoms with Gasteiger partial charge in [-0.05, 0) is 60.6 Å². The van der Waals surface area contributed by atoms with Gasteiger partial charge in [0.2, 0.25) is 11.9 Å². The second kappa shape index (κ2) is 10.7. The van der Waals surface area contributed by atoms with E-state index in [1.54, 1.807) is 23.5 Å². The second-order valence-corrected chi connectivity index (χ2v) is 10.1. The zero-order valence-corrected chi connectivity index (χ0v) is 21.7. The molecule has 0 unspecified atom stereocenters. The van der Waals surface area contributed by atoms with Crippen LogP contribution in [-0.2, 0) is 17.6 Å². The maximum atomic E-state index is 13.1. The number of hydrogen-bond acceptors (Lipinski definition) is 8. The van der Waals surface area contributed by atoms with Gasteiger partial charge in [-0.3, -0.25) is 19.7 Å². The normalized spacial score (nSPS) is 16.2. The minimum absolute atomic E-state index is 0.0642. The molecule has 6 bridgehead atoms. The smallest absolute Gasteiger partial charge is 0.257 e. The largest absolute Gasteiger partial charge is 0.339 e. The first-order chi connectivity index (χ1) is 19.0. The number of aryl methyl sites for hydroxylation is 2. The van der Waals surface area contributed by atoms with Gasteiger partial charge in [-0.1, -0.05) is 11.6 Å². The van der Waals surface area contributed by atoms with E-state index in [9.17, 15) is 9.59 Å². The number of pyridine rings is 1. The summed E-state index contributed by atoms with van der Waals surface area (Å²) in [5.41, 5.74) is 4.86. The highest BCUT2D eigenvalue weighted by molar-refractivity contribution is 6.32. The number of anilines is 5. The van der Waals surface area contributed by atoms with E-state index in [0.29, 0.717) is 48.3 Å². The van der Waals surface area contributed by atoms with Gasteiger partial charge in [-0.2, -0.15) is 10.1 Å². The summed E-state index contributed by atoms with van der Waals surface area (Å²) in [4.78, 5) is 40.6. The number of nitrogens with zero attached hydrogens (tertiary/aromatic N) is 5. The SMILES string of the molecule is O=C(C[C@@H]1CCN(C(=O)c2cn[nH]c2)C1)Nc1ccc2cc1CCc1cncc(c1)Nc1ncc(Cl)c(n1)N2. The fraction of sp³-hybridized carbons (Fsp3) is 0.259. The highest BCUT2D eigenvalue weighted by Gasteiger charge is 2.29. The van der Waals surface area contributed by atoms with Gasteiger partial charge >= 0.3 is 0 Å². The topological polar surface area (TPSA) is 141 Å². The van der Waals surface area contributed by atoms with Crippen molar-refractivity contribution in [2.45, 2.75) is 25.7 Å². The van der Waals surface area contributed by atoms with E-state index >= 15 is 0 Å². The molecule has 2 amide bonds. The lowest BCUT2D eigenvalue weighted by Gasteiger charge is -2.17. The Kier molecular flexibility index (Phi) is 6.80. The molecule has 0 radical (unpaired) electrons. The van der Waals surface area contributed by atoms with E-state index in [1.807, 2.05) is 30.5 Å². The van der Waals surface area contributed by atoms with Crippen LogP contribution in [0.1, 0.15) is 34.3 Å². The number of hydrogen-bond donors (Lipinski definition) is 4. The van der Waals surface area contributed by atoms with Gasteiger partial charge in [0.25, 0.3) is 5.91 Å². The minimum Gasteiger partial charge on any atom is -0.339 e. The molecule has 12 heteroatoms.